The van der Waals surface area contributed by atoms with E-state index in [0.29, 0.717) is 25.5 Å². The van der Waals surface area contributed by atoms with Gasteiger partial charge in [0.1, 0.15) is 18.2 Å². The van der Waals surface area contributed by atoms with Crippen LogP contribution in [0.4, 0.5) is 4.39 Å². The molecule has 0 atom stereocenters. The number of nitrogens with one attached hydrogen (secondary N) is 1. The van der Waals surface area contributed by atoms with Crippen LogP contribution in [0.15, 0.2) is 18.2 Å². The molecule has 0 heterocycles. The van der Waals surface area contributed by atoms with Crippen molar-refractivity contribution in [2.75, 3.05) is 47.5 Å². The van der Waals surface area contributed by atoms with E-state index < -0.39 is 0 Å². The maximum Gasteiger partial charge on any atom is 0.127 e. The molecule has 0 saturated heterocycles. The van der Waals surface area contributed by atoms with Gasteiger partial charge in [0.05, 0.1) is 6.61 Å². The van der Waals surface area contributed by atoms with Crippen LogP contribution in [0.3, 0.4) is 0 Å². The second-order valence-corrected chi connectivity index (χ2v) is 4.62. The van der Waals surface area contributed by atoms with Crippen molar-refractivity contribution in [3.05, 3.63) is 29.6 Å². The molecule has 1 aromatic carbocycles. The fourth-order valence-corrected chi connectivity index (χ4v) is 1.56. The Kier molecular flexibility index (Phi) is 7.40. The molecule has 19 heavy (non-hydrogen) atoms. The number of benzene rings is 1. The average molecular weight is 270 g/mol. The van der Waals surface area contributed by atoms with Crippen LogP contribution in [0.1, 0.15) is 5.56 Å². The summed E-state index contributed by atoms with van der Waals surface area (Å²) >= 11 is 0. The lowest BCUT2D eigenvalue weighted by Crippen LogP contribution is -2.20. The van der Waals surface area contributed by atoms with Gasteiger partial charge in [0.25, 0.3) is 0 Å². The van der Waals surface area contributed by atoms with Crippen molar-refractivity contribution < 1.29 is 13.9 Å². The van der Waals surface area contributed by atoms with Crippen molar-refractivity contribution in [1.29, 1.82) is 0 Å². The molecule has 0 amide bonds. The number of ether oxygens (including phenoxy) is 2. The standard InChI is InChI=1S/C14H23FN2O2/c1-17(2)5-7-19-14-9-12(8-13(15)10-14)11-16-4-6-18-3/h8-10,16H,4-7,11H2,1-3H3. The molecule has 0 spiro atoms. The molecule has 0 saturated carbocycles. The van der Waals surface area contributed by atoms with E-state index >= 15 is 0 Å². The van der Waals surface area contributed by atoms with Gasteiger partial charge in [-0.2, -0.15) is 0 Å². The molecule has 0 radical (unpaired) electrons. The number of rotatable bonds is 9. The van der Waals surface area contributed by atoms with Crippen LogP contribution in [0, 0.1) is 5.82 Å². The molecule has 1 aromatic rings. The van der Waals surface area contributed by atoms with E-state index in [1.54, 1.807) is 7.11 Å². The van der Waals surface area contributed by atoms with Gasteiger partial charge in [-0.25, -0.2) is 4.39 Å². The van der Waals surface area contributed by atoms with Crippen LogP contribution in [0.5, 0.6) is 5.75 Å². The first-order valence-electron chi connectivity index (χ1n) is 6.38. The van der Waals surface area contributed by atoms with Crippen molar-refractivity contribution in [2.24, 2.45) is 0 Å². The van der Waals surface area contributed by atoms with E-state index in [1.807, 2.05) is 25.1 Å². The summed E-state index contributed by atoms with van der Waals surface area (Å²) in [4.78, 5) is 2.02. The largest absolute Gasteiger partial charge is 0.492 e. The topological polar surface area (TPSA) is 33.7 Å². The molecule has 0 aliphatic rings. The second kappa shape index (κ2) is 8.85. The average Bonchev–Trinajstić information content (AvgIpc) is 2.34. The molecule has 0 unspecified atom stereocenters. The van der Waals surface area contributed by atoms with Gasteiger partial charge >= 0.3 is 0 Å². The van der Waals surface area contributed by atoms with E-state index in [1.165, 1.54) is 12.1 Å². The number of likely N-dealkylation sites (N-methyl/N-ethyl adjacent to an activating group) is 1. The van der Waals surface area contributed by atoms with Crippen molar-refractivity contribution in [3.8, 4) is 5.75 Å². The van der Waals surface area contributed by atoms with Crippen LogP contribution < -0.4 is 10.1 Å². The van der Waals surface area contributed by atoms with E-state index in [9.17, 15) is 4.39 Å². The fraction of sp³-hybridized carbons (Fsp3) is 0.571. The Labute approximate surface area is 114 Å². The summed E-state index contributed by atoms with van der Waals surface area (Å²) in [7, 11) is 5.60. The Morgan fingerprint density at radius 3 is 2.68 bits per heavy atom. The van der Waals surface area contributed by atoms with Crippen LogP contribution in [0.25, 0.3) is 0 Å². The van der Waals surface area contributed by atoms with Gasteiger partial charge in [0, 0.05) is 32.8 Å². The molecule has 0 aliphatic carbocycles. The minimum atomic E-state index is -0.272. The number of methoxy groups -OCH3 is 1. The van der Waals surface area contributed by atoms with Crippen LogP contribution >= 0.6 is 0 Å². The summed E-state index contributed by atoms with van der Waals surface area (Å²) in [5, 5.41) is 3.18. The minimum Gasteiger partial charge on any atom is -0.492 e. The number of halogens is 1. The zero-order valence-corrected chi connectivity index (χ0v) is 11.9. The van der Waals surface area contributed by atoms with Crippen LogP contribution in [-0.2, 0) is 11.3 Å². The van der Waals surface area contributed by atoms with Gasteiger partial charge in [-0.3, -0.25) is 0 Å². The number of nitrogens with zero attached hydrogens (tertiary/aromatic N) is 1. The smallest absolute Gasteiger partial charge is 0.127 e. The fourth-order valence-electron chi connectivity index (χ4n) is 1.56. The van der Waals surface area contributed by atoms with Gasteiger partial charge in [-0.1, -0.05) is 0 Å². The highest BCUT2D eigenvalue weighted by atomic mass is 19.1. The molecule has 0 fully saturated rings. The third kappa shape index (κ3) is 7.10. The van der Waals surface area contributed by atoms with Gasteiger partial charge < -0.3 is 19.7 Å². The van der Waals surface area contributed by atoms with Crippen molar-refractivity contribution >= 4 is 0 Å². The Bertz CT molecular complexity index is 372. The zero-order valence-electron chi connectivity index (χ0n) is 11.9. The highest BCUT2D eigenvalue weighted by molar-refractivity contribution is 5.29. The highest BCUT2D eigenvalue weighted by Gasteiger charge is 2.02. The molecule has 108 valence electrons. The lowest BCUT2D eigenvalue weighted by atomic mass is 10.2. The Morgan fingerprint density at radius 1 is 1.21 bits per heavy atom. The van der Waals surface area contributed by atoms with E-state index in [4.69, 9.17) is 9.47 Å². The molecule has 0 aromatic heterocycles. The van der Waals surface area contributed by atoms with Crippen molar-refractivity contribution in [3.63, 3.8) is 0 Å². The molecule has 5 heteroatoms. The molecule has 0 bridgehead atoms. The van der Waals surface area contributed by atoms with Crippen LogP contribution in [0.2, 0.25) is 0 Å². The maximum absolute atomic E-state index is 13.4. The number of hydrogen-bond acceptors (Lipinski definition) is 4. The Hall–Kier alpha value is -1.17. The third-order valence-corrected chi connectivity index (χ3v) is 2.55. The third-order valence-electron chi connectivity index (χ3n) is 2.55. The summed E-state index contributed by atoms with van der Waals surface area (Å²) in [6, 6.07) is 4.78. The van der Waals surface area contributed by atoms with Crippen molar-refractivity contribution in [2.45, 2.75) is 6.54 Å². The van der Waals surface area contributed by atoms with E-state index in [2.05, 4.69) is 5.32 Å². The maximum atomic E-state index is 13.4. The van der Waals surface area contributed by atoms with Gasteiger partial charge in [0.15, 0.2) is 0 Å². The Balaban J connectivity index is 2.46. The van der Waals surface area contributed by atoms with Crippen molar-refractivity contribution in [1.82, 2.24) is 10.2 Å². The molecule has 4 nitrogen and oxygen atoms in total. The molecule has 1 N–H and O–H groups in total. The predicted octanol–water partition coefficient (Wildman–Crippen LogP) is 1.50. The highest BCUT2D eigenvalue weighted by Crippen LogP contribution is 2.16. The predicted molar refractivity (Wildman–Crippen MR) is 74.0 cm³/mol. The lowest BCUT2D eigenvalue weighted by molar-refractivity contribution is 0.199. The van der Waals surface area contributed by atoms with Gasteiger partial charge in [0.2, 0.25) is 0 Å². The molecule has 0 aliphatic heterocycles. The quantitative estimate of drug-likeness (QED) is 0.690. The summed E-state index contributed by atoms with van der Waals surface area (Å²) < 4.78 is 23.9. The monoisotopic (exact) mass is 270 g/mol. The van der Waals surface area contributed by atoms with E-state index in [-0.39, 0.29) is 5.82 Å². The molecular formula is C14H23FN2O2. The molecular weight excluding hydrogens is 247 g/mol. The normalized spacial score (nSPS) is 11.0. The second-order valence-electron chi connectivity index (χ2n) is 4.62. The van der Waals surface area contributed by atoms with Gasteiger partial charge in [-0.15, -0.1) is 0 Å². The minimum absolute atomic E-state index is 0.272. The Morgan fingerprint density at radius 2 is 2.00 bits per heavy atom. The van der Waals surface area contributed by atoms with Gasteiger partial charge in [-0.05, 0) is 31.8 Å². The first-order chi connectivity index (χ1) is 9.11. The summed E-state index contributed by atoms with van der Waals surface area (Å²) in [5.74, 6) is 0.302. The first-order valence-corrected chi connectivity index (χ1v) is 6.38. The number of hydrogen-bond donors (Lipinski definition) is 1. The van der Waals surface area contributed by atoms with Crippen LogP contribution in [-0.4, -0.2) is 52.4 Å². The summed E-state index contributed by atoms with van der Waals surface area (Å²) in [5.41, 5.74) is 0.871. The first kappa shape index (κ1) is 15.9. The summed E-state index contributed by atoms with van der Waals surface area (Å²) in [6.07, 6.45) is 0. The summed E-state index contributed by atoms with van der Waals surface area (Å²) in [6.45, 7) is 3.33. The SMILES string of the molecule is COCCNCc1cc(F)cc(OCCN(C)C)c1. The lowest BCUT2D eigenvalue weighted by Gasteiger charge is -2.12. The van der Waals surface area contributed by atoms with E-state index in [0.717, 1.165) is 18.7 Å². The molecule has 1 rings (SSSR count). The zero-order chi connectivity index (χ0) is 14.1.